The second kappa shape index (κ2) is 9.03. The summed E-state index contributed by atoms with van der Waals surface area (Å²) in [6.45, 7) is 0. The maximum absolute atomic E-state index is 13.0. The van der Waals surface area contributed by atoms with Crippen molar-refractivity contribution in [3.8, 4) is 10.6 Å². The number of amides is 1. The molecule has 0 unspecified atom stereocenters. The van der Waals surface area contributed by atoms with Crippen LogP contribution in [0.3, 0.4) is 0 Å². The number of nitrogens with zero attached hydrogens (tertiary/aromatic N) is 2. The van der Waals surface area contributed by atoms with Gasteiger partial charge in [-0.15, -0.1) is 10.2 Å². The number of hydrogen-bond donors (Lipinski definition) is 2. The molecule has 0 atom stereocenters. The van der Waals surface area contributed by atoms with Crippen LogP contribution in [0.2, 0.25) is 5.02 Å². The lowest BCUT2D eigenvalue weighted by Crippen LogP contribution is -2.14. The van der Waals surface area contributed by atoms with Crippen LogP contribution >= 0.6 is 22.9 Å². The van der Waals surface area contributed by atoms with E-state index < -0.39 is 21.7 Å². The molecule has 0 radical (unpaired) electrons. The van der Waals surface area contributed by atoms with Crippen LogP contribution in [0.15, 0.2) is 77.7 Å². The van der Waals surface area contributed by atoms with E-state index in [1.165, 1.54) is 36.4 Å². The maximum Gasteiger partial charge on any atom is 0.261 e. The lowest BCUT2D eigenvalue weighted by Gasteiger charge is -2.08. The fraction of sp³-hybridized carbons (Fsp3) is 0. The predicted octanol–water partition coefficient (Wildman–Crippen LogP) is 5.05. The summed E-state index contributed by atoms with van der Waals surface area (Å²) in [5.74, 6) is -0.944. The number of hydrogen-bond acceptors (Lipinski definition) is 6. The third-order valence-electron chi connectivity index (χ3n) is 4.27. The molecule has 162 valence electrons. The molecule has 4 rings (SSSR count). The Morgan fingerprint density at radius 1 is 0.938 bits per heavy atom. The topological polar surface area (TPSA) is 101 Å². The molecule has 0 aliphatic carbocycles. The van der Waals surface area contributed by atoms with Crippen LogP contribution in [-0.2, 0) is 10.0 Å². The molecule has 0 spiro atoms. The van der Waals surface area contributed by atoms with Crippen molar-refractivity contribution in [3.05, 3.63) is 89.2 Å². The van der Waals surface area contributed by atoms with Gasteiger partial charge in [0.1, 0.15) is 5.82 Å². The Labute approximate surface area is 192 Å². The van der Waals surface area contributed by atoms with Gasteiger partial charge < -0.3 is 0 Å². The summed E-state index contributed by atoms with van der Waals surface area (Å²) in [5.41, 5.74) is 1.16. The second-order valence-electron chi connectivity index (χ2n) is 6.48. The van der Waals surface area contributed by atoms with Gasteiger partial charge in [0.25, 0.3) is 15.9 Å². The molecule has 1 heterocycles. The van der Waals surface area contributed by atoms with Gasteiger partial charge in [0.2, 0.25) is 5.13 Å². The van der Waals surface area contributed by atoms with Gasteiger partial charge in [0, 0.05) is 16.8 Å². The van der Waals surface area contributed by atoms with Crippen LogP contribution in [-0.4, -0.2) is 24.5 Å². The van der Waals surface area contributed by atoms with Crippen molar-refractivity contribution in [1.29, 1.82) is 0 Å². The Hall–Kier alpha value is -3.34. The van der Waals surface area contributed by atoms with Gasteiger partial charge >= 0.3 is 0 Å². The average molecular weight is 489 g/mol. The average Bonchev–Trinajstić information content (AvgIpc) is 3.24. The zero-order valence-corrected chi connectivity index (χ0v) is 18.5. The summed E-state index contributed by atoms with van der Waals surface area (Å²) in [7, 11) is -3.90. The van der Waals surface area contributed by atoms with Crippen molar-refractivity contribution in [2.45, 2.75) is 4.90 Å². The van der Waals surface area contributed by atoms with Crippen molar-refractivity contribution < 1.29 is 17.6 Å². The summed E-state index contributed by atoms with van der Waals surface area (Å²) in [4.78, 5) is 12.5. The SMILES string of the molecule is O=C(Nc1nnc(-c2ccccc2Cl)s1)c1ccc(S(=O)(=O)Nc2ccc(F)cc2)cc1. The summed E-state index contributed by atoms with van der Waals surface area (Å²) in [5, 5.41) is 12.0. The molecule has 32 heavy (non-hydrogen) atoms. The van der Waals surface area contributed by atoms with Crippen molar-refractivity contribution in [2.24, 2.45) is 0 Å². The minimum Gasteiger partial charge on any atom is -0.296 e. The molecule has 0 saturated carbocycles. The smallest absolute Gasteiger partial charge is 0.261 e. The number of sulfonamides is 1. The number of carbonyl (C=O) groups is 1. The highest BCUT2D eigenvalue weighted by atomic mass is 35.5. The van der Waals surface area contributed by atoms with E-state index >= 15 is 0 Å². The van der Waals surface area contributed by atoms with Crippen molar-refractivity contribution in [2.75, 3.05) is 10.0 Å². The molecule has 0 fully saturated rings. The van der Waals surface area contributed by atoms with Crippen molar-refractivity contribution >= 4 is 49.7 Å². The standard InChI is InChI=1S/C21H14ClFN4O3S2/c22-18-4-2-1-3-17(18)20-25-26-21(31-20)24-19(28)13-5-11-16(12-6-13)32(29,30)27-15-9-7-14(23)8-10-15/h1-12,27H,(H,24,26,28). The van der Waals surface area contributed by atoms with Crippen LogP contribution in [0.25, 0.3) is 10.6 Å². The van der Waals surface area contributed by atoms with E-state index in [9.17, 15) is 17.6 Å². The maximum atomic E-state index is 13.0. The van der Waals surface area contributed by atoms with E-state index in [0.29, 0.717) is 15.6 Å². The Kier molecular flexibility index (Phi) is 6.17. The van der Waals surface area contributed by atoms with Crippen LogP contribution in [0.1, 0.15) is 10.4 Å². The summed E-state index contributed by atoms with van der Waals surface area (Å²) >= 11 is 7.32. The predicted molar refractivity (Wildman–Crippen MR) is 122 cm³/mol. The Morgan fingerprint density at radius 2 is 1.62 bits per heavy atom. The van der Waals surface area contributed by atoms with Crippen LogP contribution in [0, 0.1) is 5.82 Å². The number of nitrogens with one attached hydrogen (secondary N) is 2. The highest BCUT2D eigenvalue weighted by Crippen LogP contribution is 2.31. The lowest BCUT2D eigenvalue weighted by molar-refractivity contribution is 0.102. The van der Waals surface area contributed by atoms with Crippen molar-refractivity contribution in [3.63, 3.8) is 0 Å². The highest BCUT2D eigenvalue weighted by molar-refractivity contribution is 7.92. The number of anilines is 2. The first kappa shape index (κ1) is 21.9. The summed E-state index contributed by atoms with van der Waals surface area (Å²) in [6.07, 6.45) is 0. The van der Waals surface area contributed by atoms with Crippen LogP contribution in [0.5, 0.6) is 0 Å². The summed E-state index contributed by atoms with van der Waals surface area (Å²) in [6, 6.07) is 17.4. The van der Waals surface area contributed by atoms with E-state index in [1.807, 2.05) is 6.07 Å². The molecule has 11 heteroatoms. The third-order valence-corrected chi connectivity index (χ3v) is 6.87. The molecule has 0 bridgehead atoms. The molecule has 2 N–H and O–H groups in total. The molecule has 0 aliphatic rings. The van der Waals surface area contributed by atoms with Gasteiger partial charge in [-0.25, -0.2) is 12.8 Å². The first-order valence-corrected chi connectivity index (χ1v) is 11.8. The number of carbonyl (C=O) groups excluding carboxylic acids is 1. The Morgan fingerprint density at radius 3 is 2.31 bits per heavy atom. The molecule has 0 aliphatic heterocycles. The third kappa shape index (κ3) is 4.93. The van der Waals surface area contributed by atoms with Gasteiger partial charge in [0.15, 0.2) is 5.01 Å². The Bertz CT molecular complexity index is 1370. The number of rotatable bonds is 6. The first-order chi connectivity index (χ1) is 15.3. The minimum atomic E-state index is -3.90. The normalized spacial score (nSPS) is 11.2. The zero-order valence-electron chi connectivity index (χ0n) is 16.1. The first-order valence-electron chi connectivity index (χ1n) is 9.10. The molecule has 1 amide bonds. The van der Waals surface area contributed by atoms with Gasteiger partial charge in [-0.3, -0.25) is 14.8 Å². The second-order valence-corrected chi connectivity index (χ2v) is 9.55. The van der Waals surface area contributed by atoms with Crippen molar-refractivity contribution in [1.82, 2.24) is 10.2 Å². The lowest BCUT2D eigenvalue weighted by atomic mass is 10.2. The largest absolute Gasteiger partial charge is 0.296 e. The summed E-state index contributed by atoms with van der Waals surface area (Å²) < 4.78 is 40.3. The molecular formula is C21H14ClFN4O3S2. The number of aromatic nitrogens is 2. The van der Waals surface area contributed by atoms with E-state index in [2.05, 4.69) is 20.2 Å². The fourth-order valence-electron chi connectivity index (χ4n) is 2.70. The minimum absolute atomic E-state index is 0.0460. The number of benzene rings is 3. The monoisotopic (exact) mass is 488 g/mol. The van der Waals surface area contributed by atoms with Gasteiger partial charge in [-0.2, -0.15) is 0 Å². The van der Waals surface area contributed by atoms with E-state index in [4.69, 9.17) is 11.6 Å². The van der Waals surface area contributed by atoms with Gasteiger partial charge in [0.05, 0.1) is 9.92 Å². The van der Waals surface area contributed by atoms with Gasteiger partial charge in [-0.05, 0) is 54.6 Å². The molecule has 1 aromatic heterocycles. The highest BCUT2D eigenvalue weighted by Gasteiger charge is 2.17. The van der Waals surface area contributed by atoms with E-state index in [1.54, 1.807) is 18.2 Å². The van der Waals surface area contributed by atoms with E-state index in [0.717, 1.165) is 23.5 Å². The fourth-order valence-corrected chi connectivity index (χ4v) is 4.82. The quantitative estimate of drug-likeness (QED) is 0.395. The van der Waals surface area contributed by atoms with E-state index in [-0.39, 0.29) is 21.3 Å². The van der Waals surface area contributed by atoms with Crippen LogP contribution in [0.4, 0.5) is 15.2 Å². The molecular weight excluding hydrogens is 475 g/mol. The molecule has 3 aromatic carbocycles. The van der Waals surface area contributed by atoms with Crippen LogP contribution < -0.4 is 10.0 Å². The Balaban J connectivity index is 1.45. The zero-order chi connectivity index (χ0) is 22.7. The molecule has 0 saturated heterocycles. The molecule has 4 aromatic rings. The molecule has 7 nitrogen and oxygen atoms in total. The van der Waals surface area contributed by atoms with Gasteiger partial charge in [-0.1, -0.05) is 41.1 Å². The number of halogens is 2.